The van der Waals surface area contributed by atoms with Crippen molar-refractivity contribution in [3.05, 3.63) is 27.7 Å². The van der Waals surface area contributed by atoms with E-state index in [1.165, 1.54) is 0 Å². The molecule has 1 heterocycles. The van der Waals surface area contributed by atoms with Crippen molar-refractivity contribution in [2.45, 2.75) is 6.42 Å². The molecular formula is C12H15Cl2NO2S. The number of nitrogens with zero attached hydrogens (tertiary/aromatic N) is 1. The van der Waals surface area contributed by atoms with Gasteiger partial charge in [-0.3, -0.25) is 4.79 Å². The maximum Gasteiger partial charge on any atom is 0.150 e. The molecule has 6 heteroatoms. The van der Waals surface area contributed by atoms with E-state index in [4.69, 9.17) is 23.2 Å². The first-order chi connectivity index (χ1) is 8.63. The highest BCUT2D eigenvalue weighted by molar-refractivity contribution is 8.00. The van der Waals surface area contributed by atoms with Gasteiger partial charge in [0.15, 0.2) is 0 Å². The second kappa shape index (κ2) is 7.89. The van der Waals surface area contributed by atoms with Crippen LogP contribution in [0.4, 0.5) is 5.69 Å². The van der Waals surface area contributed by atoms with E-state index in [2.05, 4.69) is 9.04 Å². The largest absolute Gasteiger partial charge is 0.388 e. The smallest absolute Gasteiger partial charge is 0.150 e. The highest BCUT2D eigenvalue weighted by atomic mass is 35.5. The number of benzene rings is 1. The fourth-order valence-corrected chi connectivity index (χ4v) is 2.99. The fraction of sp³-hybridized carbons (Fsp3) is 0.417. The maximum absolute atomic E-state index is 10.7. The van der Waals surface area contributed by atoms with Crippen LogP contribution in [0.15, 0.2) is 12.1 Å². The molecule has 1 fully saturated rings. The third kappa shape index (κ3) is 4.05. The molecule has 0 aromatic heterocycles. The summed E-state index contributed by atoms with van der Waals surface area (Å²) >= 11 is 13.8. The molecule has 0 bridgehead atoms. The van der Waals surface area contributed by atoms with Crippen LogP contribution in [0.3, 0.4) is 0 Å². The van der Waals surface area contributed by atoms with Crippen molar-refractivity contribution < 1.29 is 9.53 Å². The summed E-state index contributed by atoms with van der Waals surface area (Å²) in [5.41, 5.74) is 1.40. The topological polar surface area (TPSA) is 29.5 Å². The maximum atomic E-state index is 10.7. The van der Waals surface area contributed by atoms with Crippen molar-refractivity contribution in [2.75, 3.05) is 30.8 Å². The molecule has 0 amide bonds. The van der Waals surface area contributed by atoms with E-state index in [9.17, 15) is 4.79 Å². The highest BCUT2D eigenvalue weighted by Gasteiger charge is 2.18. The number of ether oxygens (including phenoxy) is 1. The summed E-state index contributed by atoms with van der Waals surface area (Å²) in [5.74, 6) is 1.08. The van der Waals surface area contributed by atoms with Gasteiger partial charge in [0.25, 0.3) is 0 Å². The Bertz CT molecular complexity index is 409. The van der Waals surface area contributed by atoms with E-state index in [-0.39, 0.29) is 0 Å². The zero-order chi connectivity index (χ0) is 13.5. The molecule has 1 aliphatic rings. The third-order valence-electron chi connectivity index (χ3n) is 2.19. The predicted molar refractivity (Wildman–Crippen MR) is 79.2 cm³/mol. The minimum absolute atomic E-state index is 0.434. The zero-order valence-electron chi connectivity index (χ0n) is 10.3. The third-order valence-corrected chi connectivity index (χ3v) is 4.14. The summed E-state index contributed by atoms with van der Waals surface area (Å²) in [6, 6.07) is 3.36. The van der Waals surface area contributed by atoms with E-state index >= 15 is 0 Å². The van der Waals surface area contributed by atoms with Crippen molar-refractivity contribution in [3.8, 4) is 0 Å². The lowest BCUT2D eigenvalue weighted by atomic mass is 10.2. The van der Waals surface area contributed by atoms with Gasteiger partial charge in [-0.05, 0) is 30.5 Å². The number of hydrogen-bond donors (Lipinski definition) is 0. The summed E-state index contributed by atoms with van der Waals surface area (Å²) in [4.78, 5) is 10.7. The SMILES string of the molecule is COC.O=Cc1cc(Cl)c(Cl)c(N2CCCS2)c1. The number of anilines is 1. The number of rotatable bonds is 2. The highest BCUT2D eigenvalue weighted by Crippen LogP contribution is 2.38. The second-order valence-corrected chi connectivity index (χ2v) is 5.54. The Labute approximate surface area is 122 Å². The molecule has 1 aliphatic heterocycles. The Hall–Kier alpha value is -0.420. The van der Waals surface area contributed by atoms with Crippen molar-refractivity contribution >= 4 is 47.1 Å². The number of methoxy groups -OCH3 is 1. The van der Waals surface area contributed by atoms with E-state index in [0.717, 1.165) is 30.7 Å². The summed E-state index contributed by atoms with van der Waals surface area (Å²) in [6.45, 7) is 0.947. The predicted octanol–water partition coefficient (Wildman–Crippen LogP) is 3.93. The quantitative estimate of drug-likeness (QED) is 0.611. The Morgan fingerprint density at radius 1 is 1.39 bits per heavy atom. The van der Waals surface area contributed by atoms with Crippen LogP contribution >= 0.6 is 35.1 Å². The summed E-state index contributed by atoms with van der Waals surface area (Å²) < 4.78 is 6.33. The standard InChI is InChI=1S/C10H9Cl2NOS.C2H6O/c11-8-4-7(6-14)5-9(10(8)12)13-2-1-3-15-13;1-3-2/h4-6H,1-3H2;1-2H3. The molecule has 0 unspecified atom stereocenters. The van der Waals surface area contributed by atoms with Gasteiger partial charge < -0.3 is 9.04 Å². The Balaban J connectivity index is 0.000000492. The lowest BCUT2D eigenvalue weighted by Crippen LogP contribution is -2.09. The van der Waals surface area contributed by atoms with Crippen molar-refractivity contribution in [2.24, 2.45) is 0 Å². The molecule has 2 rings (SSSR count). The number of hydrogen-bond acceptors (Lipinski definition) is 4. The molecule has 3 nitrogen and oxygen atoms in total. The van der Waals surface area contributed by atoms with Gasteiger partial charge in [-0.15, -0.1) is 0 Å². The van der Waals surface area contributed by atoms with Gasteiger partial charge in [0.1, 0.15) is 6.29 Å². The molecule has 18 heavy (non-hydrogen) atoms. The van der Waals surface area contributed by atoms with Gasteiger partial charge in [-0.2, -0.15) is 0 Å². The molecule has 0 radical (unpaired) electrons. The summed E-state index contributed by atoms with van der Waals surface area (Å²) in [5, 5.41) is 0.959. The van der Waals surface area contributed by atoms with Crippen LogP contribution in [-0.4, -0.2) is 32.8 Å². The van der Waals surface area contributed by atoms with Crippen LogP contribution in [0.2, 0.25) is 10.0 Å². The average Bonchev–Trinajstić information content (AvgIpc) is 2.87. The van der Waals surface area contributed by atoms with Crippen LogP contribution in [-0.2, 0) is 4.74 Å². The lowest BCUT2D eigenvalue weighted by molar-refractivity contribution is 0.112. The molecule has 100 valence electrons. The van der Waals surface area contributed by atoms with Gasteiger partial charge in [-0.25, -0.2) is 0 Å². The van der Waals surface area contributed by atoms with Crippen LogP contribution in [0.5, 0.6) is 0 Å². The molecule has 0 atom stereocenters. The van der Waals surface area contributed by atoms with Crippen molar-refractivity contribution in [1.82, 2.24) is 0 Å². The van der Waals surface area contributed by atoms with Crippen molar-refractivity contribution in [3.63, 3.8) is 0 Å². The Morgan fingerprint density at radius 3 is 2.56 bits per heavy atom. The normalized spacial score (nSPS) is 14.1. The van der Waals surface area contributed by atoms with Crippen LogP contribution < -0.4 is 4.31 Å². The molecule has 0 N–H and O–H groups in total. The Morgan fingerprint density at radius 2 is 2.06 bits per heavy atom. The van der Waals surface area contributed by atoms with E-state index in [1.54, 1.807) is 38.3 Å². The molecule has 0 aliphatic carbocycles. The van der Waals surface area contributed by atoms with Gasteiger partial charge in [0.05, 0.1) is 15.7 Å². The molecular weight excluding hydrogens is 293 g/mol. The van der Waals surface area contributed by atoms with Crippen molar-refractivity contribution in [1.29, 1.82) is 0 Å². The number of aldehydes is 1. The first-order valence-electron chi connectivity index (χ1n) is 5.38. The minimum Gasteiger partial charge on any atom is -0.388 e. The molecule has 0 saturated carbocycles. The molecule has 1 aromatic carbocycles. The summed E-state index contributed by atoms with van der Waals surface area (Å²) in [6.07, 6.45) is 1.91. The first-order valence-corrected chi connectivity index (χ1v) is 7.08. The second-order valence-electron chi connectivity index (χ2n) is 3.65. The fourth-order valence-electron chi connectivity index (χ4n) is 1.48. The zero-order valence-corrected chi connectivity index (χ0v) is 12.6. The van der Waals surface area contributed by atoms with E-state index < -0.39 is 0 Å². The molecule has 0 spiro atoms. The summed E-state index contributed by atoms with van der Waals surface area (Å²) in [7, 11) is 3.25. The number of carbonyl (C=O) groups is 1. The lowest BCUT2D eigenvalue weighted by Gasteiger charge is -2.18. The average molecular weight is 308 g/mol. The van der Waals surface area contributed by atoms with Gasteiger partial charge in [0.2, 0.25) is 0 Å². The van der Waals surface area contributed by atoms with Crippen LogP contribution in [0.1, 0.15) is 16.8 Å². The van der Waals surface area contributed by atoms with Gasteiger partial charge in [0, 0.05) is 32.1 Å². The molecule has 1 aromatic rings. The Kier molecular flexibility index (Phi) is 6.86. The van der Waals surface area contributed by atoms with Crippen LogP contribution in [0.25, 0.3) is 0 Å². The van der Waals surface area contributed by atoms with E-state index in [1.807, 2.05) is 0 Å². The first kappa shape index (κ1) is 15.6. The number of carbonyl (C=O) groups excluding carboxylic acids is 1. The van der Waals surface area contributed by atoms with Gasteiger partial charge in [-0.1, -0.05) is 23.2 Å². The monoisotopic (exact) mass is 307 g/mol. The van der Waals surface area contributed by atoms with Gasteiger partial charge >= 0.3 is 0 Å². The molecule has 1 saturated heterocycles. The minimum atomic E-state index is 0.434. The number of halogens is 2. The van der Waals surface area contributed by atoms with E-state index in [0.29, 0.717) is 15.6 Å². The van der Waals surface area contributed by atoms with Crippen LogP contribution in [0, 0.1) is 0 Å².